The van der Waals surface area contributed by atoms with Crippen LogP contribution in [-0.2, 0) is 0 Å². The Balaban J connectivity index is 0.00000171. The molecule has 4 heteroatoms. The van der Waals surface area contributed by atoms with Crippen LogP contribution in [0.1, 0.15) is 62.8 Å². The predicted octanol–water partition coefficient (Wildman–Crippen LogP) is 7.49. The van der Waals surface area contributed by atoms with Gasteiger partial charge in [0.1, 0.15) is 23.1 Å². The van der Waals surface area contributed by atoms with Crippen molar-refractivity contribution in [1.82, 2.24) is 0 Å². The van der Waals surface area contributed by atoms with Crippen molar-refractivity contribution < 1.29 is 18.3 Å². The molecule has 0 fully saturated rings. The fourth-order valence-corrected chi connectivity index (χ4v) is 2.80. The number of benzene rings is 2. The second-order valence-corrected chi connectivity index (χ2v) is 6.14. The lowest BCUT2D eigenvalue weighted by molar-refractivity contribution is 0.263. The quantitative estimate of drug-likeness (QED) is 0.453. The predicted molar refractivity (Wildman–Crippen MR) is 115 cm³/mol. The summed E-state index contributed by atoms with van der Waals surface area (Å²) in [6.45, 7) is 16.5. The summed E-state index contributed by atoms with van der Waals surface area (Å²) in [5.74, 6) is 1.02. The molecule has 0 aliphatic carbocycles. The zero-order chi connectivity index (χ0) is 21.7. The van der Waals surface area contributed by atoms with E-state index in [1.54, 1.807) is 0 Å². The average molecular weight is 395 g/mol. The van der Waals surface area contributed by atoms with Crippen LogP contribution in [0.15, 0.2) is 24.3 Å². The van der Waals surface area contributed by atoms with Gasteiger partial charge in [-0.25, -0.2) is 8.78 Å². The third kappa shape index (κ3) is 8.28. The zero-order valence-electron chi connectivity index (χ0n) is 18.7. The van der Waals surface area contributed by atoms with Crippen LogP contribution in [0.3, 0.4) is 0 Å². The van der Waals surface area contributed by atoms with E-state index in [0.29, 0.717) is 13.2 Å². The van der Waals surface area contributed by atoms with Gasteiger partial charge in [-0.1, -0.05) is 27.7 Å². The van der Waals surface area contributed by atoms with Crippen molar-refractivity contribution in [2.24, 2.45) is 0 Å². The molecule has 28 heavy (non-hydrogen) atoms. The summed E-state index contributed by atoms with van der Waals surface area (Å²) in [6.07, 6.45) is 1.66. The van der Waals surface area contributed by atoms with Crippen molar-refractivity contribution in [3.05, 3.63) is 58.2 Å². The lowest BCUT2D eigenvalue weighted by atomic mass is 10.1. The lowest BCUT2D eigenvalue weighted by Crippen LogP contribution is -2.05. The Bertz CT molecular complexity index is 604. The van der Waals surface area contributed by atoms with Crippen molar-refractivity contribution in [2.45, 2.75) is 68.2 Å². The standard InChI is InChI=1S/C20H24F2O2.2C2H6/c1-13-9-17(21)10-14(2)19(13)23-7-5-6-8-24-20-15(3)11-18(22)12-16(20)4;2*1-2/h9-12H,5-8H2,1-4H3;2*1-2H3. The van der Waals surface area contributed by atoms with Crippen LogP contribution in [0.2, 0.25) is 0 Å². The molecule has 2 aromatic rings. The van der Waals surface area contributed by atoms with Crippen LogP contribution in [0.25, 0.3) is 0 Å². The molecular weight excluding hydrogens is 358 g/mol. The Kier molecular flexibility index (Phi) is 12.9. The highest BCUT2D eigenvalue weighted by atomic mass is 19.1. The fraction of sp³-hybridized carbons (Fsp3) is 0.500. The second-order valence-electron chi connectivity index (χ2n) is 6.14. The summed E-state index contributed by atoms with van der Waals surface area (Å²) in [4.78, 5) is 0. The van der Waals surface area contributed by atoms with Crippen LogP contribution in [-0.4, -0.2) is 13.2 Å². The number of ether oxygens (including phenoxy) is 2. The van der Waals surface area contributed by atoms with Gasteiger partial charge in [0.15, 0.2) is 0 Å². The molecule has 2 rings (SSSR count). The van der Waals surface area contributed by atoms with Crippen LogP contribution in [0.5, 0.6) is 11.5 Å². The fourth-order valence-electron chi connectivity index (χ4n) is 2.80. The van der Waals surface area contributed by atoms with E-state index in [1.807, 2.05) is 55.4 Å². The molecule has 0 aliphatic heterocycles. The largest absolute Gasteiger partial charge is 0.493 e. The van der Waals surface area contributed by atoms with Gasteiger partial charge in [-0.2, -0.15) is 0 Å². The maximum atomic E-state index is 13.3. The molecule has 0 atom stereocenters. The smallest absolute Gasteiger partial charge is 0.125 e. The van der Waals surface area contributed by atoms with Crippen LogP contribution in [0.4, 0.5) is 8.78 Å². The molecule has 2 nitrogen and oxygen atoms in total. The molecule has 0 bridgehead atoms. The van der Waals surface area contributed by atoms with Crippen LogP contribution < -0.4 is 9.47 Å². The minimum atomic E-state index is -0.240. The Hall–Kier alpha value is -2.10. The van der Waals surface area contributed by atoms with Gasteiger partial charge in [-0.15, -0.1) is 0 Å². The number of unbranched alkanes of at least 4 members (excludes halogenated alkanes) is 1. The van der Waals surface area contributed by atoms with E-state index in [2.05, 4.69) is 0 Å². The molecule has 158 valence electrons. The highest BCUT2D eigenvalue weighted by molar-refractivity contribution is 5.41. The van der Waals surface area contributed by atoms with Gasteiger partial charge in [0.05, 0.1) is 13.2 Å². The molecule has 0 spiro atoms. The van der Waals surface area contributed by atoms with E-state index in [0.717, 1.165) is 46.6 Å². The van der Waals surface area contributed by atoms with Crippen molar-refractivity contribution in [3.8, 4) is 11.5 Å². The van der Waals surface area contributed by atoms with Crippen LogP contribution >= 0.6 is 0 Å². The van der Waals surface area contributed by atoms with Gasteiger partial charge in [-0.3, -0.25) is 0 Å². The molecule has 0 saturated carbocycles. The molecule has 0 radical (unpaired) electrons. The summed E-state index contributed by atoms with van der Waals surface area (Å²) in [5, 5.41) is 0. The Morgan fingerprint density at radius 3 is 1.07 bits per heavy atom. The average Bonchev–Trinajstić information content (AvgIpc) is 2.64. The highest BCUT2D eigenvalue weighted by Crippen LogP contribution is 2.25. The maximum Gasteiger partial charge on any atom is 0.125 e. The molecule has 0 unspecified atom stereocenters. The number of halogens is 2. The summed E-state index contributed by atoms with van der Waals surface area (Å²) in [7, 11) is 0. The summed E-state index contributed by atoms with van der Waals surface area (Å²) < 4.78 is 38.0. The first-order valence-corrected chi connectivity index (χ1v) is 10.2. The van der Waals surface area contributed by atoms with Crippen molar-refractivity contribution in [3.63, 3.8) is 0 Å². The van der Waals surface area contributed by atoms with Gasteiger partial charge >= 0.3 is 0 Å². The monoisotopic (exact) mass is 394 g/mol. The van der Waals surface area contributed by atoms with Crippen LogP contribution in [0, 0.1) is 39.3 Å². The third-order valence-electron chi connectivity index (χ3n) is 3.88. The Labute approximate surface area is 169 Å². The topological polar surface area (TPSA) is 18.5 Å². The maximum absolute atomic E-state index is 13.3. The Morgan fingerprint density at radius 1 is 0.571 bits per heavy atom. The molecular formula is C24H36F2O2. The van der Waals surface area contributed by atoms with Crippen molar-refractivity contribution in [2.75, 3.05) is 13.2 Å². The van der Waals surface area contributed by atoms with Gasteiger partial charge in [0.25, 0.3) is 0 Å². The first kappa shape index (κ1) is 25.9. The van der Waals surface area contributed by atoms with Gasteiger partial charge in [-0.05, 0) is 87.1 Å². The number of aryl methyl sites for hydroxylation is 4. The van der Waals surface area contributed by atoms with E-state index in [-0.39, 0.29) is 11.6 Å². The molecule has 0 N–H and O–H groups in total. The number of hydrogen-bond donors (Lipinski definition) is 0. The van der Waals surface area contributed by atoms with E-state index < -0.39 is 0 Å². The van der Waals surface area contributed by atoms with E-state index in [9.17, 15) is 8.78 Å². The molecule has 0 amide bonds. The first-order valence-electron chi connectivity index (χ1n) is 10.2. The molecule has 0 aromatic heterocycles. The van der Waals surface area contributed by atoms with Crippen molar-refractivity contribution >= 4 is 0 Å². The summed E-state index contributed by atoms with van der Waals surface area (Å²) in [5.41, 5.74) is 3.23. The van der Waals surface area contributed by atoms with E-state index >= 15 is 0 Å². The molecule has 0 aliphatic rings. The second kappa shape index (κ2) is 14.0. The summed E-state index contributed by atoms with van der Waals surface area (Å²) in [6, 6.07) is 5.91. The van der Waals surface area contributed by atoms with Gasteiger partial charge in [0.2, 0.25) is 0 Å². The van der Waals surface area contributed by atoms with E-state index in [4.69, 9.17) is 9.47 Å². The van der Waals surface area contributed by atoms with Gasteiger partial charge < -0.3 is 9.47 Å². The normalized spacial score (nSPS) is 9.64. The molecule has 2 aromatic carbocycles. The molecule has 0 heterocycles. The number of hydrogen-bond acceptors (Lipinski definition) is 2. The van der Waals surface area contributed by atoms with Gasteiger partial charge in [0, 0.05) is 0 Å². The third-order valence-corrected chi connectivity index (χ3v) is 3.88. The SMILES string of the molecule is CC.CC.Cc1cc(F)cc(C)c1OCCCCOc1c(C)cc(F)cc1C. The van der Waals surface area contributed by atoms with Crippen molar-refractivity contribution in [1.29, 1.82) is 0 Å². The van der Waals surface area contributed by atoms with E-state index in [1.165, 1.54) is 24.3 Å². The lowest BCUT2D eigenvalue weighted by Gasteiger charge is -2.14. The first-order chi connectivity index (χ1) is 13.4. The molecule has 0 saturated heterocycles. The Morgan fingerprint density at radius 2 is 0.821 bits per heavy atom. The minimum Gasteiger partial charge on any atom is -0.493 e. The highest BCUT2D eigenvalue weighted by Gasteiger charge is 2.08. The number of rotatable bonds is 7. The minimum absolute atomic E-state index is 0.240. The zero-order valence-corrected chi connectivity index (χ0v) is 18.7. The summed E-state index contributed by atoms with van der Waals surface area (Å²) >= 11 is 0.